The smallest absolute Gasteiger partial charge is 0.250 e. The Hall–Kier alpha value is -0.940. The Morgan fingerprint density at radius 1 is 1.53 bits per heavy atom. The molecule has 0 aliphatic carbocycles. The Balaban J connectivity index is 2.68. The molecule has 1 rings (SSSR count). The van der Waals surface area contributed by atoms with Crippen LogP contribution in [-0.2, 0) is 9.53 Å². The highest BCUT2D eigenvalue weighted by Crippen LogP contribution is 2.23. The van der Waals surface area contributed by atoms with Gasteiger partial charge in [-0.3, -0.25) is 4.79 Å². The number of hydrogen-bond acceptors (Lipinski definition) is 2. The van der Waals surface area contributed by atoms with Crippen LogP contribution < -0.4 is 5.32 Å². The van der Waals surface area contributed by atoms with Crippen LogP contribution >= 0.6 is 15.9 Å². The van der Waals surface area contributed by atoms with Crippen LogP contribution in [0, 0.1) is 12.7 Å². The number of hydrogen-bond donors (Lipinski definition) is 1. The van der Waals surface area contributed by atoms with Gasteiger partial charge >= 0.3 is 0 Å². The minimum atomic E-state index is -0.407. The van der Waals surface area contributed by atoms with E-state index in [1.54, 1.807) is 13.0 Å². The van der Waals surface area contributed by atoms with Crippen molar-refractivity contribution in [3.63, 3.8) is 0 Å². The number of anilines is 1. The standard InChI is InChI=1S/C12H15BrFNO2/c1-7(2)17-6-12(16)15-11-5-10(14)9(13)4-8(11)3/h4-5,7H,6H2,1-3H3,(H,15,16). The van der Waals surface area contributed by atoms with Gasteiger partial charge in [-0.1, -0.05) is 0 Å². The summed E-state index contributed by atoms with van der Waals surface area (Å²) in [7, 11) is 0. The SMILES string of the molecule is Cc1cc(Br)c(F)cc1NC(=O)COC(C)C. The molecule has 0 aromatic heterocycles. The number of rotatable bonds is 4. The third-order valence-electron chi connectivity index (χ3n) is 2.09. The lowest BCUT2D eigenvalue weighted by atomic mass is 10.2. The lowest BCUT2D eigenvalue weighted by molar-refractivity contribution is -0.121. The summed E-state index contributed by atoms with van der Waals surface area (Å²) < 4.78 is 18.8. The molecule has 0 fully saturated rings. The molecule has 0 saturated carbocycles. The number of carbonyl (C=O) groups is 1. The zero-order valence-corrected chi connectivity index (χ0v) is 11.6. The van der Waals surface area contributed by atoms with Crippen molar-refractivity contribution in [1.29, 1.82) is 0 Å². The van der Waals surface area contributed by atoms with Crippen molar-refractivity contribution in [2.45, 2.75) is 26.9 Å². The summed E-state index contributed by atoms with van der Waals surface area (Å²) >= 11 is 3.08. The third-order valence-corrected chi connectivity index (χ3v) is 2.70. The number of amides is 1. The highest BCUT2D eigenvalue weighted by atomic mass is 79.9. The average molecular weight is 304 g/mol. The lowest BCUT2D eigenvalue weighted by Crippen LogP contribution is -2.21. The van der Waals surface area contributed by atoms with Gasteiger partial charge in [0, 0.05) is 5.69 Å². The van der Waals surface area contributed by atoms with E-state index in [1.165, 1.54) is 6.07 Å². The molecule has 0 bridgehead atoms. The molecule has 0 radical (unpaired) electrons. The van der Waals surface area contributed by atoms with Crippen molar-refractivity contribution in [3.05, 3.63) is 28.0 Å². The fourth-order valence-corrected chi connectivity index (χ4v) is 1.67. The highest BCUT2D eigenvalue weighted by molar-refractivity contribution is 9.10. The molecule has 0 unspecified atom stereocenters. The quantitative estimate of drug-likeness (QED) is 0.927. The average Bonchev–Trinajstić information content (AvgIpc) is 2.23. The molecule has 5 heteroatoms. The number of carbonyl (C=O) groups excluding carboxylic acids is 1. The molecule has 1 aromatic rings. The lowest BCUT2D eigenvalue weighted by Gasteiger charge is -2.11. The topological polar surface area (TPSA) is 38.3 Å². The van der Waals surface area contributed by atoms with Gasteiger partial charge in [0.05, 0.1) is 10.6 Å². The first-order valence-corrected chi connectivity index (χ1v) is 6.06. The molecule has 0 spiro atoms. The highest BCUT2D eigenvalue weighted by Gasteiger charge is 2.09. The van der Waals surface area contributed by atoms with E-state index in [2.05, 4.69) is 21.2 Å². The Labute approximate surface area is 108 Å². The minimum Gasteiger partial charge on any atom is -0.369 e. The molecule has 17 heavy (non-hydrogen) atoms. The Kier molecular flexibility index (Phi) is 5.08. The van der Waals surface area contributed by atoms with E-state index in [4.69, 9.17) is 4.74 Å². The van der Waals surface area contributed by atoms with E-state index < -0.39 is 5.82 Å². The van der Waals surface area contributed by atoms with Crippen LogP contribution in [0.2, 0.25) is 0 Å². The summed E-state index contributed by atoms with van der Waals surface area (Å²) in [5, 5.41) is 2.61. The summed E-state index contributed by atoms with van der Waals surface area (Å²) in [5.41, 5.74) is 1.25. The maximum Gasteiger partial charge on any atom is 0.250 e. The first-order valence-electron chi connectivity index (χ1n) is 5.27. The van der Waals surface area contributed by atoms with Crippen molar-refractivity contribution in [1.82, 2.24) is 0 Å². The number of aryl methyl sites for hydroxylation is 1. The van der Waals surface area contributed by atoms with Crippen molar-refractivity contribution >= 4 is 27.5 Å². The van der Waals surface area contributed by atoms with E-state index in [9.17, 15) is 9.18 Å². The van der Waals surface area contributed by atoms with E-state index in [1.807, 2.05) is 13.8 Å². The summed E-state index contributed by atoms with van der Waals surface area (Å²) in [4.78, 5) is 11.5. The molecule has 0 aliphatic heterocycles. The summed E-state index contributed by atoms with van der Waals surface area (Å²) in [5.74, 6) is -0.695. The molecule has 3 nitrogen and oxygen atoms in total. The summed E-state index contributed by atoms with van der Waals surface area (Å²) in [6.45, 7) is 5.45. The molecule has 0 aliphatic rings. The van der Waals surface area contributed by atoms with E-state index in [-0.39, 0.29) is 18.6 Å². The van der Waals surface area contributed by atoms with Crippen LogP contribution in [0.25, 0.3) is 0 Å². The van der Waals surface area contributed by atoms with Gasteiger partial charge < -0.3 is 10.1 Å². The fraction of sp³-hybridized carbons (Fsp3) is 0.417. The molecule has 1 N–H and O–H groups in total. The van der Waals surface area contributed by atoms with Gasteiger partial charge in [0.1, 0.15) is 12.4 Å². The number of halogens is 2. The van der Waals surface area contributed by atoms with Gasteiger partial charge in [-0.15, -0.1) is 0 Å². The molecule has 0 saturated heterocycles. The van der Waals surface area contributed by atoms with Crippen molar-refractivity contribution in [2.24, 2.45) is 0 Å². The monoisotopic (exact) mass is 303 g/mol. The van der Waals surface area contributed by atoms with Crippen molar-refractivity contribution < 1.29 is 13.9 Å². The van der Waals surface area contributed by atoms with E-state index in [0.29, 0.717) is 10.2 Å². The van der Waals surface area contributed by atoms with Crippen molar-refractivity contribution in [2.75, 3.05) is 11.9 Å². The van der Waals surface area contributed by atoms with Crippen LogP contribution in [0.5, 0.6) is 0 Å². The van der Waals surface area contributed by atoms with Gasteiger partial charge in [-0.2, -0.15) is 0 Å². The Morgan fingerprint density at radius 2 is 2.18 bits per heavy atom. The minimum absolute atomic E-state index is 0.0106. The molecule has 94 valence electrons. The second-order valence-electron chi connectivity index (χ2n) is 3.99. The zero-order valence-electron chi connectivity index (χ0n) is 10.0. The van der Waals surface area contributed by atoms with Crippen LogP contribution in [0.15, 0.2) is 16.6 Å². The van der Waals surface area contributed by atoms with Gasteiger partial charge in [-0.05, 0) is 54.4 Å². The summed E-state index contributed by atoms with van der Waals surface area (Å²) in [6.07, 6.45) is -0.0106. The van der Waals surface area contributed by atoms with Crippen molar-refractivity contribution in [3.8, 4) is 0 Å². The van der Waals surface area contributed by atoms with Crippen LogP contribution in [0.3, 0.4) is 0 Å². The first-order chi connectivity index (χ1) is 7.90. The third kappa shape index (κ3) is 4.44. The number of benzene rings is 1. The van der Waals surface area contributed by atoms with Gasteiger partial charge in [-0.25, -0.2) is 4.39 Å². The molecule has 0 heterocycles. The molecular formula is C12H15BrFNO2. The molecule has 0 atom stereocenters. The zero-order chi connectivity index (χ0) is 13.0. The Morgan fingerprint density at radius 3 is 2.76 bits per heavy atom. The Bertz CT molecular complexity index is 421. The molecule has 1 amide bonds. The van der Waals surface area contributed by atoms with Crippen LogP contribution in [0.4, 0.5) is 10.1 Å². The summed E-state index contributed by atoms with van der Waals surface area (Å²) in [6, 6.07) is 2.90. The largest absolute Gasteiger partial charge is 0.369 e. The fourth-order valence-electron chi connectivity index (χ4n) is 1.21. The normalized spacial score (nSPS) is 10.7. The maximum absolute atomic E-state index is 13.3. The number of nitrogens with one attached hydrogen (secondary N) is 1. The second kappa shape index (κ2) is 6.12. The second-order valence-corrected chi connectivity index (χ2v) is 4.84. The predicted octanol–water partition coefficient (Wildman–Crippen LogP) is 3.26. The van der Waals surface area contributed by atoms with Crippen LogP contribution in [0.1, 0.15) is 19.4 Å². The maximum atomic E-state index is 13.3. The van der Waals surface area contributed by atoms with Gasteiger partial charge in [0.15, 0.2) is 0 Å². The van der Waals surface area contributed by atoms with Gasteiger partial charge in [0.2, 0.25) is 5.91 Å². The molecule has 1 aromatic carbocycles. The molecular weight excluding hydrogens is 289 g/mol. The van der Waals surface area contributed by atoms with E-state index in [0.717, 1.165) is 5.56 Å². The number of ether oxygens (including phenoxy) is 1. The van der Waals surface area contributed by atoms with Gasteiger partial charge in [0.25, 0.3) is 0 Å². The van der Waals surface area contributed by atoms with E-state index >= 15 is 0 Å². The van der Waals surface area contributed by atoms with Crippen LogP contribution in [-0.4, -0.2) is 18.6 Å². The predicted molar refractivity (Wildman–Crippen MR) is 68.6 cm³/mol. The first kappa shape index (κ1) is 14.1.